The molecule has 9 heteroatoms. The smallest absolute Gasteiger partial charge is 0.337 e. The second-order valence-electron chi connectivity index (χ2n) is 10.1. The highest BCUT2D eigenvalue weighted by Gasteiger charge is 2.42. The summed E-state index contributed by atoms with van der Waals surface area (Å²) in [5.74, 6) is -2.12. The van der Waals surface area contributed by atoms with Crippen molar-refractivity contribution in [3.05, 3.63) is 71.4 Å². The number of carbonyl (C=O) groups is 4. The van der Waals surface area contributed by atoms with E-state index < -0.39 is 35.5 Å². The number of amides is 4. The van der Waals surface area contributed by atoms with Crippen LogP contribution in [-0.2, 0) is 16.1 Å². The summed E-state index contributed by atoms with van der Waals surface area (Å²) < 4.78 is 5.50. The molecule has 4 amide bonds. The zero-order valence-electron chi connectivity index (χ0n) is 21.0. The fourth-order valence-corrected chi connectivity index (χ4v) is 4.12. The summed E-state index contributed by atoms with van der Waals surface area (Å²) in [6.45, 7) is 8.70. The SMILES string of the molecule is CC(C)[C@H](NC(=O)N(Cc1c[nH]c2ccccc12)N1C(=O)c2ccccc2C1=O)C(=O)OC(C)(C)C. The van der Waals surface area contributed by atoms with Gasteiger partial charge in [-0.3, -0.25) is 9.59 Å². The number of esters is 1. The number of ether oxygens (including phenoxy) is 1. The molecule has 2 heterocycles. The number of carbonyl (C=O) groups excluding carboxylic acids is 4. The summed E-state index contributed by atoms with van der Waals surface area (Å²) in [5, 5.41) is 5.44. The Labute approximate surface area is 209 Å². The minimum atomic E-state index is -0.989. The summed E-state index contributed by atoms with van der Waals surface area (Å²) in [7, 11) is 0. The highest BCUT2D eigenvalue weighted by Crippen LogP contribution is 2.27. The lowest BCUT2D eigenvalue weighted by molar-refractivity contribution is -0.158. The first-order valence-corrected chi connectivity index (χ1v) is 11.8. The number of nitrogens with one attached hydrogen (secondary N) is 2. The Kier molecular flexibility index (Phi) is 6.58. The molecule has 0 unspecified atom stereocenters. The van der Waals surface area contributed by atoms with Gasteiger partial charge in [-0.25, -0.2) is 14.6 Å². The molecule has 2 N–H and O–H groups in total. The van der Waals surface area contributed by atoms with Gasteiger partial charge in [-0.1, -0.05) is 44.2 Å². The van der Waals surface area contributed by atoms with Crippen molar-refractivity contribution in [2.45, 2.75) is 52.8 Å². The average Bonchev–Trinajstić information content (AvgIpc) is 3.33. The van der Waals surface area contributed by atoms with Crippen molar-refractivity contribution in [3.8, 4) is 0 Å². The molecule has 1 aliphatic heterocycles. The Morgan fingerprint density at radius 3 is 2.17 bits per heavy atom. The Bertz CT molecular complexity index is 1300. The van der Waals surface area contributed by atoms with Crippen LogP contribution in [0.15, 0.2) is 54.7 Å². The molecule has 0 saturated heterocycles. The Morgan fingerprint density at radius 1 is 1.00 bits per heavy atom. The highest BCUT2D eigenvalue weighted by atomic mass is 16.6. The van der Waals surface area contributed by atoms with Gasteiger partial charge in [-0.15, -0.1) is 0 Å². The largest absolute Gasteiger partial charge is 0.458 e. The van der Waals surface area contributed by atoms with Crippen LogP contribution in [0, 0.1) is 5.92 Å². The summed E-state index contributed by atoms with van der Waals surface area (Å²) in [5.41, 5.74) is 1.24. The van der Waals surface area contributed by atoms with E-state index in [9.17, 15) is 19.2 Å². The Hall–Kier alpha value is -4.14. The van der Waals surface area contributed by atoms with Crippen LogP contribution >= 0.6 is 0 Å². The van der Waals surface area contributed by atoms with Crippen LogP contribution in [0.1, 0.15) is 60.9 Å². The minimum absolute atomic E-state index is 0.0829. The molecule has 0 spiro atoms. The fourth-order valence-electron chi connectivity index (χ4n) is 4.12. The molecular formula is C27H30N4O5. The van der Waals surface area contributed by atoms with Gasteiger partial charge in [0.05, 0.1) is 17.7 Å². The van der Waals surface area contributed by atoms with Crippen LogP contribution in [-0.4, -0.2) is 50.5 Å². The molecule has 0 fully saturated rings. The number of aromatic amines is 1. The van der Waals surface area contributed by atoms with Crippen molar-refractivity contribution in [2.75, 3.05) is 0 Å². The molecule has 2 aromatic carbocycles. The van der Waals surface area contributed by atoms with E-state index in [1.165, 1.54) is 0 Å². The number of benzene rings is 2. The van der Waals surface area contributed by atoms with Crippen molar-refractivity contribution in [1.29, 1.82) is 0 Å². The zero-order valence-corrected chi connectivity index (χ0v) is 21.0. The number of H-pyrrole nitrogens is 1. The first-order chi connectivity index (χ1) is 17.0. The Balaban J connectivity index is 1.70. The van der Waals surface area contributed by atoms with Crippen molar-refractivity contribution < 1.29 is 23.9 Å². The number of rotatable bonds is 6. The van der Waals surface area contributed by atoms with E-state index >= 15 is 0 Å². The molecule has 36 heavy (non-hydrogen) atoms. The number of urea groups is 1. The summed E-state index contributed by atoms with van der Waals surface area (Å²) >= 11 is 0. The molecule has 1 atom stereocenters. The lowest BCUT2D eigenvalue weighted by Gasteiger charge is -2.33. The number of nitrogens with zero attached hydrogens (tertiary/aromatic N) is 2. The maximum absolute atomic E-state index is 13.7. The van der Waals surface area contributed by atoms with Gasteiger partial charge in [0.2, 0.25) is 0 Å². The number of imide groups is 1. The number of para-hydroxylation sites is 1. The Morgan fingerprint density at radius 2 is 1.58 bits per heavy atom. The zero-order chi connectivity index (χ0) is 26.2. The van der Waals surface area contributed by atoms with Crippen LogP contribution in [0.4, 0.5) is 4.79 Å². The van der Waals surface area contributed by atoms with Gasteiger partial charge in [0, 0.05) is 17.1 Å². The maximum atomic E-state index is 13.7. The quantitative estimate of drug-likeness (QED) is 0.396. The van der Waals surface area contributed by atoms with E-state index in [-0.39, 0.29) is 23.6 Å². The molecular weight excluding hydrogens is 460 g/mol. The molecule has 0 aliphatic carbocycles. The van der Waals surface area contributed by atoms with E-state index in [0.29, 0.717) is 5.56 Å². The van der Waals surface area contributed by atoms with E-state index in [0.717, 1.165) is 20.9 Å². The van der Waals surface area contributed by atoms with Crippen molar-refractivity contribution in [2.24, 2.45) is 5.92 Å². The van der Waals surface area contributed by atoms with Crippen molar-refractivity contribution >= 4 is 34.7 Å². The van der Waals surface area contributed by atoms with E-state index in [2.05, 4.69) is 10.3 Å². The maximum Gasteiger partial charge on any atom is 0.337 e. The topological polar surface area (TPSA) is 112 Å². The number of hydrogen-bond donors (Lipinski definition) is 2. The molecule has 3 aromatic rings. The number of hydrazine groups is 1. The third-order valence-corrected chi connectivity index (χ3v) is 5.85. The molecule has 0 radical (unpaired) electrons. The standard InChI is InChI=1S/C27H30N4O5/c1-16(2)22(25(34)36-27(3,4)5)29-26(35)30(15-17-14-28-21-13-9-8-10-18(17)21)31-23(32)19-11-6-7-12-20(19)24(31)33/h6-14,16,22,28H,15H2,1-5H3,(H,29,35)/t22-/m0/s1. The highest BCUT2D eigenvalue weighted by molar-refractivity contribution is 6.21. The third-order valence-electron chi connectivity index (χ3n) is 5.85. The molecule has 188 valence electrons. The van der Waals surface area contributed by atoms with Gasteiger partial charge in [0.25, 0.3) is 11.8 Å². The van der Waals surface area contributed by atoms with Crippen molar-refractivity contribution in [3.63, 3.8) is 0 Å². The second-order valence-corrected chi connectivity index (χ2v) is 10.1. The van der Waals surface area contributed by atoms with Gasteiger partial charge in [0.1, 0.15) is 11.6 Å². The molecule has 4 rings (SSSR count). The van der Waals surface area contributed by atoms with Crippen LogP contribution in [0.2, 0.25) is 0 Å². The van der Waals surface area contributed by atoms with E-state index in [1.807, 2.05) is 24.3 Å². The molecule has 0 saturated carbocycles. The first-order valence-electron chi connectivity index (χ1n) is 11.8. The minimum Gasteiger partial charge on any atom is -0.458 e. The molecule has 1 aliphatic rings. The predicted molar refractivity (Wildman–Crippen MR) is 134 cm³/mol. The number of hydrogen-bond acceptors (Lipinski definition) is 5. The van der Waals surface area contributed by atoms with Crippen LogP contribution in [0.5, 0.6) is 0 Å². The van der Waals surface area contributed by atoms with Crippen molar-refractivity contribution in [1.82, 2.24) is 20.3 Å². The van der Waals surface area contributed by atoms with Crippen LogP contribution in [0.3, 0.4) is 0 Å². The molecule has 9 nitrogen and oxygen atoms in total. The average molecular weight is 491 g/mol. The van der Waals surface area contributed by atoms with Crippen LogP contribution in [0.25, 0.3) is 10.9 Å². The van der Waals surface area contributed by atoms with Gasteiger partial charge in [-0.05, 0) is 50.5 Å². The number of aromatic nitrogens is 1. The van der Waals surface area contributed by atoms with E-state index in [1.54, 1.807) is 65.1 Å². The lowest BCUT2D eigenvalue weighted by atomic mass is 10.0. The van der Waals surface area contributed by atoms with Gasteiger partial charge >= 0.3 is 12.0 Å². The van der Waals surface area contributed by atoms with Crippen LogP contribution < -0.4 is 5.32 Å². The second kappa shape index (κ2) is 9.49. The lowest BCUT2D eigenvalue weighted by Crippen LogP contribution is -2.57. The summed E-state index contributed by atoms with van der Waals surface area (Å²) in [4.78, 5) is 56.2. The normalized spacial score (nSPS) is 14.2. The first kappa shape index (κ1) is 25.0. The van der Waals surface area contributed by atoms with Gasteiger partial charge in [0.15, 0.2) is 0 Å². The predicted octanol–water partition coefficient (Wildman–Crippen LogP) is 4.26. The fraction of sp³-hybridized carbons (Fsp3) is 0.333. The van der Waals surface area contributed by atoms with Gasteiger partial charge < -0.3 is 15.0 Å². The summed E-state index contributed by atoms with van der Waals surface area (Å²) in [6.07, 6.45) is 1.73. The monoisotopic (exact) mass is 490 g/mol. The third kappa shape index (κ3) is 4.82. The summed E-state index contributed by atoms with van der Waals surface area (Å²) in [6, 6.07) is 12.2. The van der Waals surface area contributed by atoms with E-state index in [4.69, 9.17) is 4.74 Å². The number of fused-ring (bicyclic) bond motifs is 2. The molecule has 0 bridgehead atoms. The van der Waals surface area contributed by atoms with Gasteiger partial charge in [-0.2, -0.15) is 5.01 Å². The molecule has 1 aromatic heterocycles.